The summed E-state index contributed by atoms with van der Waals surface area (Å²) in [5.74, 6) is -1.89. The molecule has 2 fully saturated rings. The van der Waals surface area contributed by atoms with Crippen molar-refractivity contribution in [2.45, 2.75) is 12.5 Å². The highest BCUT2D eigenvalue weighted by Gasteiger charge is 2.38. The molecule has 2 saturated heterocycles. The van der Waals surface area contributed by atoms with E-state index in [9.17, 15) is 22.8 Å². The molecule has 2 rings (SSSR count). The van der Waals surface area contributed by atoms with Crippen LogP contribution < -0.4 is 5.32 Å². The Labute approximate surface area is 121 Å². The van der Waals surface area contributed by atoms with Gasteiger partial charge in [-0.05, 0) is 0 Å². The number of urea groups is 1. The Hall–Kier alpha value is -1.84. The molecular formula is C11H17N3O6S. The van der Waals surface area contributed by atoms with Crippen molar-refractivity contribution in [1.29, 1.82) is 0 Å². The number of carbonyl (C=O) groups is 3. The smallest absolute Gasteiger partial charge is 0.320 e. The van der Waals surface area contributed by atoms with Gasteiger partial charge in [0.15, 0.2) is 9.84 Å². The first kappa shape index (κ1) is 15.5. The molecule has 2 N–H and O–H groups in total. The van der Waals surface area contributed by atoms with Crippen LogP contribution in [0.2, 0.25) is 0 Å². The van der Waals surface area contributed by atoms with E-state index in [4.69, 9.17) is 5.11 Å². The Balaban J connectivity index is 2.08. The molecule has 0 saturated carbocycles. The predicted octanol–water partition coefficient (Wildman–Crippen LogP) is -1.89. The molecule has 0 spiro atoms. The summed E-state index contributed by atoms with van der Waals surface area (Å²) >= 11 is 0. The summed E-state index contributed by atoms with van der Waals surface area (Å²) in [7, 11) is -3.11. The molecule has 0 aromatic rings. The van der Waals surface area contributed by atoms with Crippen LogP contribution in [0.15, 0.2) is 0 Å². The molecule has 9 nitrogen and oxygen atoms in total. The summed E-state index contributed by atoms with van der Waals surface area (Å²) in [5, 5.41) is 11.4. The van der Waals surface area contributed by atoms with Gasteiger partial charge in [0, 0.05) is 26.2 Å². The van der Waals surface area contributed by atoms with Gasteiger partial charge in [0.1, 0.15) is 6.04 Å². The molecule has 1 atom stereocenters. The Morgan fingerprint density at radius 3 is 2.43 bits per heavy atom. The second-order valence-corrected chi connectivity index (χ2v) is 7.32. The van der Waals surface area contributed by atoms with E-state index in [1.807, 2.05) is 0 Å². The zero-order valence-corrected chi connectivity index (χ0v) is 12.1. The van der Waals surface area contributed by atoms with E-state index in [0.717, 1.165) is 0 Å². The molecule has 0 bridgehead atoms. The lowest BCUT2D eigenvalue weighted by molar-refractivity contribution is -0.142. The van der Waals surface area contributed by atoms with Crippen molar-refractivity contribution in [3.05, 3.63) is 0 Å². The number of carboxylic acid groups (broad SMARTS) is 1. The van der Waals surface area contributed by atoms with Crippen molar-refractivity contribution in [2.75, 3.05) is 37.7 Å². The monoisotopic (exact) mass is 319 g/mol. The lowest BCUT2D eigenvalue weighted by Crippen LogP contribution is -2.61. The van der Waals surface area contributed by atoms with Gasteiger partial charge in [0.2, 0.25) is 5.91 Å². The number of rotatable bonds is 2. The Bertz CT molecular complexity index is 546. The number of piperazine rings is 1. The van der Waals surface area contributed by atoms with Gasteiger partial charge in [0.25, 0.3) is 0 Å². The van der Waals surface area contributed by atoms with Crippen LogP contribution in [-0.4, -0.2) is 85.0 Å². The Kier molecular flexibility index (Phi) is 4.35. The van der Waals surface area contributed by atoms with Gasteiger partial charge in [-0.15, -0.1) is 0 Å². The van der Waals surface area contributed by atoms with Crippen LogP contribution >= 0.6 is 0 Å². The molecule has 0 aromatic heterocycles. The number of nitrogens with zero attached hydrogens (tertiary/aromatic N) is 2. The number of nitrogens with one attached hydrogen (secondary N) is 1. The van der Waals surface area contributed by atoms with E-state index in [2.05, 4.69) is 5.32 Å². The zero-order valence-electron chi connectivity index (χ0n) is 11.3. The number of hydrogen-bond acceptors (Lipinski definition) is 5. The zero-order chi connectivity index (χ0) is 15.6. The van der Waals surface area contributed by atoms with Crippen LogP contribution in [0.5, 0.6) is 0 Å². The maximum atomic E-state index is 12.4. The maximum Gasteiger partial charge on any atom is 0.320 e. The molecule has 21 heavy (non-hydrogen) atoms. The standard InChI is InChI=1S/C11H17N3O6S/c15-9(16)7-8-10(17)12-1-2-14(8)11(18)13-3-5-21(19,20)6-4-13/h8H,1-7H2,(H,12,17)(H,15,16). The van der Waals surface area contributed by atoms with Crippen molar-refractivity contribution in [3.8, 4) is 0 Å². The Morgan fingerprint density at radius 2 is 1.86 bits per heavy atom. The van der Waals surface area contributed by atoms with Crippen LogP contribution in [0.3, 0.4) is 0 Å². The third kappa shape index (κ3) is 3.63. The molecule has 10 heteroatoms. The molecule has 1 unspecified atom stereocenters. The molecule has 0 aromatic carbocycles. The molecule has 0 radical (unpaired) electrons. The Morgan fingerprint density at radius 1 is 1.24 bits per heavy atom. The van der Waals surface area contributed by atoms with E-state index < -0.39 is 40.2 Å². The molecular weight excluding hydrogens is 302 g/mol. The number of sulfone groups is 1. The highest BCUT2D eigenvalue weighted by atomic mass is 32.2. The molecule has 118 valence electrons. The van der Waals surface area contributed by atoms with E-state index in [1.165, 1.54) is 9.80 Å². The molecule has 2 aliphatic heterocycles. The number of hydrogen-bond donors (Lipinski definition) is 2. The minimum atomic E-state index is -3.11. The van der Waals surface area contributed by atoms with Gasteiger partial charge in [-0.1, -0.05) is 0 Å². The largest absolute Gasteiger partial charge is 0.481 e. The summed E-state index contributed by atoms with van der Waals surface area (Å²) in [4.78, 5) is 37.5. The second-order valence-electron chi connectivity index (χ2n) is 5.02. The van der Waals surface area contributed by atoms with Gasteiger partial charge in [-0.2, -0.15) is 0 Å². The third-order valence-corrected chi connectivity index (χ3v) is 5.17. The van der Waals surface area contributed by atoms with Gasteiger partial charge in [-0.25, -0.2) is 13.2 Å². The summed E-state index contributed by atoms with van der Waals surface area (Å²) < 4.78 is 22.7. The fraction of sp³-hybridized carbons (Fsp3) is 0.727. The SMILES string of the molecule is O=C(O)CC1C(=O)NCCN1C(=O)N1CCS(=O)(=O)CC1. The van der Waals surface area contributed by atoms with Crippen LogP contribution in [-0.2, 0) is 19.4 Å². The first-order valence-electron chi connectivity index (χ1n) is 6.55. The minimum Gasteiger partial charge on any atom is -0.481 e. The van der Waals surface area contributed by atoms with Crippen LogP contribution in [0.4, 0.5) is 4.79 Å². The van der Waals surface area contributed by atoms with Crippen molar-refractivity contribution < 1.29 is 27.9 Å². The second kappa shape index (κ2) is 5.88. The average Bonchev–Trinajstić information content (AvgIpc) is 2.40. The van der Waals surface area contributed by atoms with Gasteiger partial charge in [0.05, 0.1) is 17.9 Å². The van der Waals surface area contributed by atoms with Crippen molar-refractivity contribution >= 4 is 27.7 Å². The molecule has 2 heterocycles. The van der Waals surface area contributed by atoms with E-state index in [0.29, 0.717) is 0 Å². The van der Waals surface area contributed by atoms with Crippen LogP contribution in [0.25, 0.3) is 0 Å². The highest BCUT2D eigenvalue weighted by Crippen LogP contribution is 2.14. The van der Waals surface area contributed by atoms with Crippen molar-refractivity contribution in [1.82, 2.24) is 15.1 Å². The van der Waals surface area contributed by atoms with E-state index in [1.54, 1.807) is 0 Å². The molecule has 3 amide bonds. The first-order chi connectivity index (χ1) is 9.80. The summed E-state index contributed by atoms with van der Waals surface area (Å²) in [5.41, 5.74) is 0. The third-order valence-electron chi connectivity index (χ3n) is 3.56. The van der Waals surface area contributed by atoms with Crippen molar-refractivity contribution in [3.63, 3.8) is 0 Å². The predicted molar refractivity (Wildman–Crippen MR) is 71.4 cm³/mol. The van der Waals surface area contributed by atoms with Crippen molar-refractivity contribution in [2.24, 2.45) is 0 Å². The quantitative estimate of drug-likeness (QED) is 0.613. The van der Waals surface area contributed by atoms with Crippen LogP contribution in [0, 0.1) is 0 Å². The fourth-order valence-electron chi connectivity index (χ4n) is 2.40. The fourth-order valence-corrected chi connectivity index (χ4v) is 3.60. The topological polar surface area (TPSA) is 124 Å². The summed E-state index contributed by atoms with van der Waals surface area (Å²) in [6, 6.07) is -1.53. The number of carboxylic acids is 1. The van der Waals surface area contributed by atoms with Gasteiger partial charge >= 0.3 is 12.0 Å². The summed E-state index contributed by atoms with van der Waals surface area (Å²) in [6.45, 7) is 0.608. The number of amides is 3. The lowest BCUT2D eigenvalue weighted by Gasteiger charge is -2.38. The lowest BCUT2D eigenvalue weighted by atomic mass is 10.1. The van der Waals surface area contributed by atoms with E-state index >= 15 is 0 Å². The first-order valence-corrected chi connectivity index (χ1v) is 8.38. The summed E-state index contributed by atoms with van der Waals surface area (Å²) in [6.07, 6.45) is -0.469. The van der Waals surface area contributed by atoms with Gasteiger partial charge < -0.3 is 20.2 Å². The van der Waals surface area contributed by atoms with Crippen LogP contribution in [0.1, 0.15) is 6.42 Å². The minimum absolute atomic E-state index is 0.0685. The highest BCUT2D eigenvalue weighted by molar-refractivity contribution is 7.91. The molecule has 2 aliphatic rings. The number of carbonyl (C=O) groups excluding carboxylic acids is 2. The molecule has 0 aliphatic carbocycles. The average molecular weight is 319 g/mol. The van der Waals surface area contributed by atoms with E-state index in [-0.39, 0.29) is 37.7 Å². The maximum absolute atomic E-state index is 12.4. The van der Waals surface area contributed by atoms with Gasteiger partial charge in [-0.3, -0.25) is 9.59 Å². The number of aliphatic carboxylic acids is 1. The normalized spacial score (nSPS) is 25.3.